The second-order valence-corrected chi connectivity index (χ2v) is 2.78. The molecule has 6 heteroatoms. The topological polar surface area (TPSA) is 101 Å². The van der Waals surface area contributed by atoms with Gasteiger partial charge < -0.3 is 14.9 Å². The van der Waals surface area contributed by atoms with Crippen LogP contribution in [0.4, 0.5) is 0 Å². The van der Waals surface area contributed by atoms with E-state index in [1.165, 1.54) is 6.29 Å². The highest BCUT2D eigenvalue weighted by molar-refractivity contribution is 6.04. The first kappa shape index (κ1) is 11.7. The molecule has 0 unspecified atom stereocenters. The molecule has 16 heavy (non-hydrogen) atoms. The van der Waals surface area contributed by atoms with Gasteiger partial charge in [0.2, 0.25) is 6.29 Å². The molecule has 1 rings (SSSR count). The lowest BCUT2D eigenvalue weighted by molar-refractivity contribution is 0.0690. The Hall–Kier alpha value is -2.37. The summed E-state index contributed by atoms with van der Waals surface area (Å²) in [4.78, 5) is 32.2. The van der Waals surface area contributed by atoms with Crippen LogP contribution in [-0.2, 0) is 4.79 Å². The molecule has 0 amide bonds. The first-order chi connectivity index (χ1) is 7.52. The number of carboxylic acids is 2. The van der Waals surface area contributed by atoms with Crippen LogP contribution < -0.4 is 4.74 Å². The van der Waals surface area contributed by atoms with Crippen LogP contribution in [0.2, 0.25) is 0 Å². The number of carbonyl (C=O) groups excluding carboxylic acids is 1. The van der Waals surface area contributed by atoms with Crippen LogP contribution in [0.5, 0.6) is 5.75 Å². The van der Waals surface area contributed by atoms with Crippen molar-refractivity contribution in [1.29, 1.82) is 0 Å². The summed E-state index contributed by atoms with van der Waals surface area (Å²) in [5, 5.41) is 17.7. The minimum absolute atomic E-state index is 0.255. The van der Waals surface area contributed by atoms with E-state index in [4.69, 9.17) is 14.9 Å². The van der Waals surface area contributed by atoms with Gasteiger partial charge in [-0.2, -0.15) is 0 Å². The van der Waals surface area contributed by atoms with Crippen LogP contribution in [-0.4, -0.2) is 35.5 Å². The third kappa shape index (κ3) is 1.85. The molecule has 83 valence electrons. The molecule has 0 saturated carbocycles. The zero-order valence-corrected chi connectivity index (χ0v) is 8.18. The second kappa shape index (κ2) is 4.43. The van der Waals surface area contributed by atoms with Crippen molar-refractivity contribution in [3.8, 4) is 5.75 Å². The number of rotatable bonds is 4. The number of carboxylic acid groups (broad SMARTS) is 2. The Balaban J connectivity index is 3.62. The van der Waals surface area contributed by atoms with Gasteiger partial charge in [0, 0.05) is 5.56 Å². The van der Waals surface area contributed by atoms with Gasteiger partial charge in [-0.1, -0.05) is 0 Å². The maximum atomic E-state index is 10.9. The Labute approximate surface area is 90.1 Å². The normalized spacial score (nSPS) is 9.56. The average Bonchev–Trinajstić information content (AvgIpc) is 2.26. The largest absolute Gasteiger partial charge is 0.495 e. The van der Waals surface area contributed by atoms with E-state index in [2.05, 4.69) is 0 Å². The predicted molar refractivity (Wildman–Crippen MR) is 51.7 cm³/mol. The van der Waals surface area contributed by atoms with Gasteiger partial charge in [-0.3, -0.25) is 4.79 Å². The molecule has 0 spiro atoms. The molecule has 1 aromatic rings. The number of ether oxygens (including phenoxy) is 1. The molecule has 0 fully saturated rings. The summed E-state index contributed by atoms with van der Waals surface area (Å²) in [6.07, 6.45) is 1.41. The lowest BCUT2D eigenvalue weighted by Crippen LogP contribution is -2.10. The Kier molecular flexibility index (Phi) is 3.24. The van der Waals surface area contributed by atoms with Gasteiger partial charge in [-0.25, -0.2) is 9.59 Å². The minimum atomic E-state index is -1.45. The third-order valence-electron chi connectivity index (χ3n) is 1.92. The summed E-state index contributed by atoms with van der Waals surface area (Å²) in [6, 6.07) is 2.16. The van der Waals surface area contributed by atoms with Gasteiger partial charge in [0.05, 0.1) is 7.11 Å². The van der Waals surface area contributed by atoms with Gasteiger partial charge in [-0.15, -0.1) is 0 Å². The standard InChI is InChI=1S/C10H7O6/c1-16-8-6(9(12)13)3-2-5(4-11)7(8)10(14)15/h2-3H,1H3,(H,12,13)(H,14,15). The number of benzene rings is 1. The lowest BCUT2D eigenvalue weighted by Gasteiger charge is -2.09. The van der Waals surface area contributed by atoms with Gasteiger partial charge in [-0.05, 0) is 12.1 Å². The number of methoxy groups -OCH3 is 1. The van der Waals surface area contributed by atoms with Crippen LogP contribution in [0, 0.1) is 0 Å². The van der Waals surface area contributed by atoms with Crippen molar-refractivity contribution in [3.63, 3.8) is 0 Å². The highest BCUT2D eigenvalue weighted by atomic mass is 16.5. The molecular weight excluding hydrogens is 216 g/mol. The average molecular weight is 223 g/mol. The first-order valence-electron chi connectivity index (χ1n) is 4.08. The zero-order valence-electron chi connectivity index (χ0n) is 8.18. The smallest absolute Gasteiger partial charge is 0.340 e. The molecule has 0 aliphatic carbocycles. The van der Waals surface area contributed by atoms with E-state index in [1.807, 2.05) is 0 Å². The monoisotopic (exact) mass is 223 g/mol. The van der Waals surface area contributed by atoms with Gasteiger partial charge >= 0.3 is 11.9 Å². The first-order valence-corrected chi connectivity index (χ1v) is 4.08. The molecule has 1 aromatic carbocycles. The van der Waals surface area contributed by atoms with Crippen LogP contribution in [0.1, 0.15) is 26.3 Å². The molecule has 0 saturated heterocycles. The molecule has 0 bridgehead atoms. The maximum absolute atomic E-state index is 10.9. The molecule has 0 heterocycles. The minimum Gasteiger partial charge on any atom is -0.495 e. The molecule has 0 aromatic heterocycles. The fraction of sp³-hybridized carbons (Fsp3) is 0.100. The number of aromatic carboxylic acids is 2. The van der Waals surface area contributed by atoms with Crippen molar-refractivity contribution in [1.82, 2.24) is 0 Å². The fourth-order valence-electron chi connectivity index (χ4n) is 1.26. The second-order valence-electron chi connectivity index (χ2n) is 2.78. The van der Waals surface area contributed by atoms with E-state index in [1.54, 1.807) is 0 Å². The lowest BCUT2D eigenvalue weighted by atomic mass is 10.0. The van der Waals surface area contributed by atoms with Crippen molar-refractivity contribution >= 4 is 18.2 Å². The van der Waals surface area contributed by atoms with E-state index in [9.17, 15) is 14.4 Å². The van der Waals surface area contributed by atoms with Crippen LogP contribution in [0.3, 0.4) is 0 Å². The molecule has 6 nitrogen and oxygen atoms in total. The summed E-state index contributed by atoms with van der Waals surface area (Å²) in [7, 11) is 1.13. The van der Waals surface area contributed by atoms with Crippen LogP contribution in [0.25, 0.3) is 0 Å². The highest BCUT2D eigenvalue weighted by Crippen LogP contribution is 2.26. The summed E-state index contributed by atoms with van der Waals surface area (Å²) in [5.41, 5.74) is -1.08. The van der Waals surface area contributed by atoms with Gasteiger partial charge in [0.15, 0.2) is 0 Å². The molecule has 0 atom stereocenters. The van der Waals surface area contributed by atoms with Crippen molar-refractivity contribution < 1.29 is 29.3 Å². The van der Waals surface area contributed by atoms with Crippen LogP contribution >= 0.6 is 0 Å². The van der Waals surface area contributed by atoms with Crippen LogP contribution in [0.15, 0.2) is 12.1 Å². The number of hydrogen-bond acceptors (Lipinski definition) is 4. The SMILES string of the molecule is COc1c(C(=O)O)ccc([C]=O)c1C(=O)O. The summed E-state index contributed by atoms with van der Waals surface area (Å²) < 4.78 is 4.70. The van der Waals surface area contributed by atoms with Crippen molar-refractivity contribution in [2.24, 2.45) is 0 Å². The van der Waals surface area contributed by atoms with E-state index < -0.39 is 17.5 Å². The van der Waals surface area contributed by atoms with E-state index in [-0.39, 0.29) is 16.9 Å². The highest BCUT2D eigenvalue weighted by Gasteiger charge is 2.23. The van der Waals surface area contributed by atoms with E-state index in [0.29, 0.717) is 0 Å². The number of carbonyl (C=O) groups is 2. The molecule has 0 aliphatic heterocycles. The van der Waals surface area contributed by atoms with Crippen molar-refractivity contribution in [2.45, 2.75) is 0 Å². The van der Waals surface area contributed by atoms with E-state index in [0.717, 1.165) is 19.2 Å². The molecular formula is C10H7O6. The fourth-order valence-corrected chi connectivity index (χ4v) is 1.26. The Morgan fingerprint density at radius 2 is 1.88 bits per heavy atom. The van der Waals surface area contributed by atoms with Gasteiger partial charge in [0.25, 0.3) is 0 Å². The Morgan fingerprint density at radius 3 is 2.25 bits per heavy atom. The van der Waals surface area contributed by atoms with E-state index >= 15 is 0 Å². The van der Waals surface area contributed by atoms with Gasteiger partial charge in [0.1, 0.15) is 16.9 Å². The maximum Gasteiger partial charge on any atom is 0.340 e. The third-order valence-corrected chi connectivity index (χ3v) is 1.92. The van der Waals surface area contributed by atoms with Crippen molar-refractivity contribution in [2.75, 3.05) is 7.11 Å². The molecule has 1 radical (unpaired) electrons. The quantitative estimate of drug-likeness (QED) is 0.772. The Bertz CT molecular complexity index is 463. The zero-order chi connectivity index (χ0) is 12.3. The summed E-state index contributed by atoms with van der Waals surface area (Å²) in [6.45, 7) is 0. The van der Waals surface area contributed by atoms with Crippen molar-refractivity contribution in [3.05, 3.63) is 28.8 Å². The predicted octanol–water partition coefficient (Wildman–Crippen LogP) is 0.549. The summed E-state index contributed by atoms with van der Waals surface area (Å²) in [5.74, 6) is -3.14. The summed E-state index contributed by atoms with van der Waals surface area (Å²) >= 11 is 0. The molecule has 2 N–H and O–H groups in total. The number of hydrogen-bond donors (Lipinski definition) is 2. The Morgan fingerprint density at radius 1 is 1.25 bits per heavy atom. The molecule has 0 aliphatic rings.